The highest BCUT2D eigenvalue weighted by atomic mass is 19.3. The molecule has 1 heterocycles. The molecule has 2 rings (SSSR count). The van der Waals surface area contributed by atoms with E-state index in [2.05, 4.69) is 10.2 Å². The van der Waals surface area contributed by atoms with Crippen molar-refractivity contribution in [2.75, 3.05) is 39.9 Å². The SMILES string of the molecule is COCCN(CC(F)F)C(=O)N[C@H]1CCN(C2CCCC2)C1. The average molecular weight is 319 g/mol. The monoisotopic (exact) mass is 319 g/mol. The fourth-order valence-electron chi connectivity index (χ4n) is 3.42. The lowest BCUT2D eigenvalue weighted by Crippen LogP contribution is -2.48. The van der Waals surface area contributed by atoms with Crippen LogP contribution in [0.3, 0.4) is 0 Å². The van der Waals surface area contributed by atoms with Crippen LogP contribution in [0.15, 0.2) is 0 Å². The zero-order valence-corrected chi connectivity index (χ0v) is 13.3. The lowest BCUT2D eigenvalue weighted by Gasteiger charge is -2.26. The average Bonchev–Trinajstić information content (AvgIpc) is 3.13. The molecule has 0 radical (unpaired) electrons. The molecule has 0 bridgehead atoms. The Labute approximate surface area is 131 Å². The number of carbonyl (C=O) groups excluding carboxylic acids is 1. The predicted molar refractivity (Wildman–Crippen MR) is 80.2 cm³/mol. The number of alkyl halides is 2. The Morgan fingerprint density at radius 1 is 1.36 bits per heavy atom. The molecular weight excluding hydrogens is 292 g/mol. The molecule has 2 fully saturated rings. The maximum absolute atomic E-state index is 12.6. The molecule has 1 aliphatic heterocycles. The maximum atomic E-state index is 12.6. The third-order valence-corrected chi connectivity index (χ3v) is 4.60. The van der Waals surface area contributed by atoms with Gasteiger partial charge in [0.2, 0.25) is 0 Å². The van der Waals surface area contributed by atoms with Crippen molar-refractivity contribution < 1.29 is 18.3 Å². The number of hydrogen-bond acceptors (Lipinski definition) is 3. The van der Waals surface area contributed by atoms with Gasteiger partial charge in [-0.2, -0.15) is 0 Å². The van der Waals surface area contributed by atoms with Gasteiger partial charge in [0, 0.05) is 38.8 Å². The summed E-state index contributed by atoms with van der Waals surface area (Å²) in [7, 11) is 1.49. The molecule has 1 saturated carbocycles. The van der Waals surface area contributed by atoms with Gasteiger partial charge in [0.1, 0.15) is 0 Å². The Balaban J connectivity index is 1.79. The van der Waals surface area contributed by atoms with E-state index in [0.717, 1.165) is 24.4 Å². The van der Waals surface area contributed by atoms with Gasteiger partial charge in [-0.25, -0.2) is 13.6 Å². The van der Waals surface area contributed by atoms with Gasteiger partial charge >= 0.3 is 6.03 Å². The smallest absolute Gasteiger partial charge is 0.317 e. The summed E-state index contributed by atoms with van der Waals surface area (Å²) in [5.41, 5.74) is 0. The third kappa shape index (κ3) is 5.05. The molecule has 1 atom stereocenters. The van der Waals surface area contributed by atoms with Crippen molar-refractivity contribution in [2.45, 2.75) is 50.6 Å². The number of amides is 2. The lowest BCUT2D eigenvalue weighted by atomic mass is 10.2. The first-order chi connectivity index (χ1) is 10.6. The third-order valence-electron chi connectivity index (χ3n) is 4.60. The first-order valence-corrected chi connectivity index (χ1v) is 8.16. The molecule has 128 valence electrons. The Kier molecular flexibility index (Phi) is 6.82. The quantitative estimate of drug-likeness (QED) is 0.780. The first-order valence-electron chi connectivity index (χ1n) is 8.16. The summed E-state index contributed by atoms with van der Waals surface area (Å²) < 4.78 is 30.0. The van der Waals surface area contributed by atoms with Gasteiger partial charge in [0.05, 0.1) is 13.2 Å². The molecule has 7 heteroatoms. The van der Waals surface area contributed by atoms with E-state index in [1.165, 1.54) is 32.8 Å². The molecule has 1 N–H and O–H groups in total. The largest absolute Gasteiger partial charge is 0.383 e. The van der Waals surface area contributed by atoms with Gasteiger partial charge < -0.3 is 15.0 Å². The summed E-state index contributed by atoms with van der Waals surface area (Å²) in [5, 5.41) is 2.90. The second kappa shape index (κ2) is 8.62. The fourth-order valence-corrected chi connectivity index (χ4v) is 3.42. The molecule has 0 aromatic rings. The van der Waals surface area contributed by atoms with Crippen LogP contribution in [0.5, 0.6) is 0 Å². The lowest BCUT2D eigenvalue weighted by molar-refractivity contribution is 0.0826. The standard InChI is InChI=1S/C15H27F2N3O2/c1-22-9-8-20(11-14(16)17)15(21)18-12-6-7-19(10-12)13-4-2-3-5-13/h12-14H,2-11H2,1H3,(H,18,21)/t12-/m0/s1. The molecule has 1 aliphatic carbocycles. The minimum Gasteiger partial charge on any atom is -0.383 e. The molecule has 0 spiro atoms. The highest BCUT2D eigenvalue weighted by molar-refractivity contribution is 5.74. The summed E-state index contributed by atoms with van der Waals surface area (Å²) in [5.74, 6) is 0. The zero-order chi connectivity index (χ0) is 15.9. The van der Waals surface area contributed by atoms with Gasteiger partial charge in [-0.05, 0) is 19.3 Å². The number of likely N-dealkylation sites (tertiary alicyclic amines) is 1. The molecule has 0 aromatic carbocycles. The molecule has 1 saturated heterocycles. The number of methoxy groups -OCH3 is 1. The van der Waals surface area contributed by atoms with Gasteiger partial charge in [-0.15, -0.1) is 0 Å². The van der Waals surface area contributed by atoms with E-state index in [9.17, 15) is 13.6 Å². The second-order valence-corrected chi connectivity index (χ2v) is 6.20. The van der Waals surface area contributed by atoms with Crippen molar-refractivity contribution in [1.82, 2.24) is 15.1 Å². The molecule has 0 unspecified atom stereocenters. The molecule has 0 aromatic heterocycles. The van der Waals surface area contributed by atoms with Gasteiger partial charge in [0.25, 0.3) is 6.43 Å². The maximum Gasteiger partial charge on any atom is 0.317 e. The van der Waals surface area contributed by atoms with E-state index in [1.807, 2.05) is 0 Å². The van der Waals surface area contributed by atoms with Crippen molar-refractivity contribution in [2.24, 2.45) is 0 Å². The van der Waals surface area contributed by atoms with Gasteiger partial charge in [-0.3, -0.25) is 4.90 Å². The number of rotatable bonds is 7. The van der Waals surface area contributed by atoms with Crippen LogP contribution < -0.4 is 5.32 Å². The van der Waals surface area contributed by atoms with Crippen molar-refractivity contribution in [1.29, 1.82) is 0 Å². The minimum absolute atomic E-state index is 0.0656. The molecule has 5 nitrogen and oxygen atoms in total. The topological polar surface area (TPSA) is 44.8 Å². The number of halogens is 2. The van der Waals surface area contributed by atoms with Crippen LogP contribution in [-0.4, -0.2) is 74.2 Å². The summed E-state index contributed by atoms with van der Waals surface area (Å²) in [6.07, 6.45) is 3.43. The zero-order valence-electron chi connectivity index (χ0n) is 13.3. The highest BCUT2D eigenvalue weighted by Crippen LogP contribution is 2.26. The second-order valence-electron chi connectivity index (χ2n) is 6.20. The fraction of sp³-hybridized carbons (Fsp3) is 0.933. The van der Waals surface area contributed by atoms with Crippen LogP contribution in [0.25, 0.3) is 0 Å². The number of hydrogen-bond donors (Lipinski definition) is 1. The Hall–Kier alpha value is -0.950. The number of urea groups is 1. The summed E-state index contributed by atoms with van der Waals surface area (Å²) >= 11 is 0. The minimum atomic E-state index is -2.53. The van der Waals surface area contributed by atoms with Crippen molar-refractivity contribution >= 4 is 6.03 Å². The molecule has 2 amide bonds. The van der Waals surface area contributed by atoms with Crippen molar-refractivity contribution in [3.05, 3.63) is 0 Å². The Bertz CT molecular complexity index is 352. The van der Waals surface area contributed by atoms with Gasteiger partial charge in [0.15, 0.2) is 0 Å². The molecule has 22 heavy (non-hydrogen) atoms. The van der Waals surface area contributed by atoms with Gasteiger partial charge in [-0.1, -0.05) is 12.8 Å². The van der Waals surface area contributed by atoms with E-state index in [1.54, 1.807) is 0 Å². The highest BCUT2D eigenvalue weighted by Gasteiger charge is 2.31. The number of carbonyl (C=O) groups is 1. The van der Waals surface area contributed by atoms with Crippen LogP contribution in [0.4, 0.5) is 13.6 Å². The molecule has 2 aliphatic rings. The van der Waals surface area contributed by atoms with Crippen LogP contribution in [-0.2, 0) is 4.74 Å². The Morgan fingerprint density at radius 2 is 2.09 bits per heavy atom. The van der Waals surface area contributed by atoms with Crippen molar-refractivity contribution in [3.63, 3.8) is 0 Å². The van der Waals surface area contributed by atoms with Crippen LogP contribution in [0, 0.1) is 0 Å². The van der Waals surface area contributed by atoms with E-state index < -0.39 is 19.0 Å². The normalized spacial score (nSPS) is 23.4. The van der Waals surface area contributed by atoms with E-state index in [0.29, 0.717) is 6.04 Å². The number of nitrogens with one attached hydrogen (secondary N) is 1. The number of nitrogens with zero attached hydrogens (tertiary/aromatic N) is 2. The molecular formula is C15H27F2N3O2. The van der Waals surface area contributed by atoms with Crippen LogP contribution in [0.1, 0.15) is 32.1 Å². The summed E-state index contributed by atoms with van der Waals surface area (Å²) in [4.78, 5) is 15.8. The van der Waals surface area contributed by atoms with E-state index >= 15 is 0 Å². The van der Waals surface area contributed by atoms with Crippen molar-refractivity contribution in [3.8, 4) is 0 Å². The number of ether oxygens (including phenoxy) is 1. The van der Waals surface area contributed by atoms with Crippen LogP contribution in [0.2, 0.25) is 0 Å². The first kappa shape index (κ1) is 17.4. The van der Waals surface area contributed by atoms with Crippen LogP contribution >= 0.6 is 0 Å². The van der Waals surface area contributed by atoms with E-state index in [4.69, 9.17) is 4.74 Å². The summed E-state index contributed by atoms with van der Waals surface area (Å²) in [6, 6.07) is 0.305. The Morgan fingerprint density at radius 3 is 2.73 bits per heavy atom. The predicted octanol–water partition coefficient (Wildman–Crippen LogP) is 1.93. The van der Waals surface area contributed by atoms with E-state index in [-0.39, 0.29) is 19.2 Å². The summed E-state index contributed by atoms with van der Waals surface area (Å²) in [6.45, 7) is 1.73.